The average Bonchev–Trinajstić information content (AvgIpc) is 2.99. The van der Waals surface area contributed by atoms with Crippen LogP contribution in [0.15, 0.2) is 35.3 Å². The molecule has 1 N–H and O–H groups in total. The zero-order valence-corrected chi connectivity index (χ0v) is 15.8. The molecule has 1 amide bonds. The van der Waals surface area contributed by atoms with Gasteiger partial charge in [0.1, 0.15) is 11.9 Å². The first-order valence-corrected chi connectivity index (χ1v) is 9.20. The molecule has 10 heteroatoms. The molecule has 0 aliphatic rings. The van der Waals surface area contributed by atoms with Gasteiger partial charge in [0.25, 0.3) is 5.91 Å². The average molecular weight is 429 g/mol. The summed E-state index contributed by atoms with van der Waals surface area (Å²) in [6.45, 7) is 1.60. The van der Waals surface area contributed by atoms with Crippen LogP contribution in [-0.4, -0.2) is 21.6 Å². The lowest BCUT2D eigenvalue weighted by Crippen LogP contribution is -2.27. The lowest BCUT2D eigenvalue weighted by Gasteiger charge is -2.13. The van der Waals surface area contributed by atoms with Crippen LogP contribution in [-0.2, 0) is 4.79 Å². The number of rotatable bonds is 4. The Morgan fingerprint density at radius 2 is 1.89 bits per heavy atom. The fourth-order valence-electron chi connectivity index (χ4n) is 2.68. The van der Waals surface area contributed by atoms with Crippen molar-refractivity contribution in [1.82, 2.24) is 4.57 Å². The number of hydrogen-bond donors (Lipinski definition) is 1. The van der Waals surface area contributed by atoms with Crippen molar-refractivity contribution < 1.29 is 27.9 Å². The summed E-state index contributed by atoms with van der Waals surface area (Å²) < 4.78 is 42.1. The van der Waals surface area contributed by atoms with E-state index in [1.807, 2.05) is 0 Å². The quantitative estimate of drug-likeness (QED) is 0.662. The number of carbonyl (C=O) groups excluding carboxylic acids is 1. The Bertz CT molecular complexity index is 1170. The van der Waals surface area contributed by atoms with Crippen LogP contribution in [0.3, 0.4) is 0 Å². The van der Waals surface area contributed by atoms with Crippen LogP contribution in [0.25, 0.3) is 10.2 Å². The Hall–Kier alpha value is -2.65. The van der Waals surface area contributed by atoms with Gasteiger partial charge in [0, 0.05) is 5.56 Å². The Morgan fingerprint density at radius 3 is 2.50 bits per heavy atom. The molecule has 3 rings (SSSR count). The van der Waals surface area contributed by atoms with E-state index in [9.17, 15) is 27.9 Å². The molecule has 1 aromatic heterocycles. The maximum absolute atomic E-state index is 14.2. The van der Waals surface area contributed by atoms with Crippen LogP contribution in [0.2, 0.25) is 5.02 Å². The molecule has 3 aromatic rings. The third kappa shape index (κ3) is 3.55. The van der Waals surface area contributed by atoms with Gasteiger partial charge < -0.3 is 9.67 Å². The van der Waals surface area contributed by atoms with Crippen LogP contribution in [0.1, 0.15) is 29.7 Å². The van der Waals surface area contributed by atoms with Crippen molar-refractivity contribution in [3.05, 3.63) is 63.2 Å². The number of hydrogen-bond acceptors (Lipinski definition) is 3. The zero-order chi connectivity index (χ0) is 20.6. The first-order valence-electron chi connectivity index (χ1n) is 8.00. The molecule has 28 heavy (non-hydrogen) atoms. The normalized spacial score (nSPS) is 13.1. The third-order valence-corrected chi connectivity index (χ3v) is 5.39. The molecule has 0 aliphatic carbocycles. The number of carbonyl (C=O) groups is 2. The smallest absolute Gasteiger partial charge is 0.326 e. The van der Waals surface area contributed by atoms with Crippen molar-refractivity contribution >= 4 is 45.0 Å². The third-order valence-electron chi connectivity index (χ3n) is 4.04. The van der Waals surface area contributed by atoms with Gasteiger partial charge in [-0.2, -0.15) is 4.99 Å². The number of nitrogens with zero attached hydrogens (tertiary/aromatic N) is 2. The van der Waals surface area contributed by atoms with Crippen molar-refractivity contribution in [3.63, 3.8) is 0 Å². The Morgan fingerprint density at radius 1 is 1.21 bits per heavy atom. The predicted octanol–water partition coefficient (Wildman–Crippen LogP) is 4.55. The number of carboxylic acids is 1. The minimum atomic E-state index is -1.22. The highest BCUT2D eigenvalue weighted by Gasteiger charge is 2.24. The Kier molecular flexibility index (Phi) is 5.57. The molecule has 1 heterocycles. The first kappa shape index (κ1) is 20.1. The van der Waals surface area contributed by atoms with E-state index in [1.54, 1.807) is 6.92 Å². The SMILES string of the molecule is CCC(C(=O)O)n1c(=NC(=O)c2ccc(F)c(Cl)c2)sc2c(F)c(F)ccc21. The van der Waals surface area contributed by atoms with E-state index >= 15 is 0 Å². The molecular weight excluding hydrogens is 417 g/mol. The van der Waals surface area contributed by atoms with E-state index < -0.39 is 35.4 Å². The van der Waals surface area contributed by atoms with E-state index in [2.05, 4.69) is 4.99 Å². The van der Waals surface area contributed by atoms with Crippen molar-refractivity contribution in [1.29, 1.82) is 0 Å². The zero-order valence-electron chi connectivity index (χ0n) is 14.2. The molecule has 5 nitrogen and oxygen atoms in total. The highest BCUT2D eigenvalue weighted by Crippen LogP contribution is 2.27. The fourth-order valence-corrected chi connectivity index (χ4v) is 3.95. The second-order valence-electron chi connectivity index (χ2n) is 5.77. The number of halogens is 4. The second-order valence-corrected chi connectivity index (χ2v) is 7.16. The van der Waals surface area contributed by atoms with E-state index in [-0.39, 0.29) is 32.0 Å². The summed E-state index contributed by atoms with van der Waals surface area (Å²) in [5.41, 5.74) is 0.0623. The largest absolute Gasteiger partial charge is 0.480 e. The summed E-state index contributed by atoms with van der Waals surface area (Å²) in [6.07, 6.45) is 0.115. The number of aromatic nitrogens is 1. The van der Waals surface area contributed by atoms with Gasteiger partial charge in [-0.3, -0.25) is 4.79 Å². The van der Waals surface area contributed by atoms with Gasteiger partial charge in [0.15, 0.2) is 16.4 Å². The van der Waals surface area contributed by atoms with Crippen molar-refractivity contribution in [2.45, 2.75) is 19.4 Å². The number of thiazole rings is 1. The molecule has 1 unspecified atom stereocenters. The van der Waals surface area contributed by atoms with Crippen LogP contribution in [0.4, 0.5) is 13.2 Å². The van der Waals surface area contributed by atoms with Gasteiger partial charge in [-0.1, -0.05) is 29.9 Å². The Balaban J connectivity index is 2.27. The molecule has 0 saturated heterocycles. The Labute approximate surface area is 165 Å². The number of carboxylic acid groups (broad SMARTS) is 1. The number of aliphatic carboxylic acids is 1. The first-order chi connectivity index (χ1) is 13.2. The lowest BCUT2D eigenvalue weighted by molar-refractivity contribution is -0.140. The summed E-state index contributed by atoms with van der Waals surface area (Å²) in [5, 5.41) is 9.22. The van der Waals surface area contributed by atoms with E-state index in [1.165, 1.54) is 16.7 Å². The van der Waals surface area contributed by atoms with Crippen LogP contribution in [0, 0.1) is 17.5 Å². The summed E-state index contributed by atoms with van der Waals surface area (Å²) in [7, 11) is 0. The number of benzene rings is 2. The minimum Gasteiger partial charge on any atom is -0.480 e. The maximum atomic E-state index is 14.2. The van der Waals surface area contributed by atoms with Gasteiger partial charge in [-0.15, -0.1) is 0 Å². The molecule has 146 valence electrons. The van der Waals surface area contributed by atoms with Gasteiger partial charge >= 0.3 is 5.97 Å². The molecule has 2 aromatic carbocycles. The summed E-state index contributed by atoms with van der Waals surface area (Å²) in [6, 6.07) is 4.19. The standard InChI is InChI=1S/C18H12ClF3N2O3S/c1-2-12(17(26)27)24-13-6-5-11(21)14(22)15(13)28-18(24)23-16(25)8-3-4-10(20)9(19)7-8/h3-7,12H,2H2,1H3,(H,26,27). The fraction of sp³-hybridized carbons (Fsp3) is 0.167. The van der Waals surface area contributed by atoms with Gasteiger partial charge in [0.2, 0.25) is 0 Å². The van der Waals surface area contributed by atoms with Crippen LogP contribution >= 0.6 is 22.9 Å². The molecule has 0 aliphatic heterocycles. The summed E-state index contributed by atoms with van der Waals surface area (Å²) in [5.74, 6) is -5.03. The van der Waals surface area contributed by atoms with Crippen molar-refractivity contribution in [2.75, 3.05) is 0 Å². The molecule has 0 fully saturated rings. The van der Waals surface area contributed by atoms with Crippen LogP contribution in [0.5, 0.6) is 0 Å². The molecule has 0 radical (unpaired) electrons. The lowest BCUT2D eigenvalue weighted by atomic mass is 10.2. The molecule has 0 spiro atoms. The minimum absolute atomic E-state index is 0.0366. The molecule has 0 bridgehead atoms. The van der Waals surface area contributed by atoms with Crippen molar-refractivity contribution in [2.24, 2.45) is 4.99 Å². The summed E-state index contributed by atoms with van der Waals surface area (Å²) >= 11 is 6.31. The number of amides is 1. The topological polar surface area (TPSA) is 71.7 Å². The number of fused-ring (bicyclic) bond motifs is 1. The highest BCUT2D eigenvalue weighted by atomic mass is 35.5. The highest BCUT2D eigenvalue weighted by molar-refractivity contribution is 7.16. The summed E-state index contributed by atoms with van der Waals surface area (Å²) in [4.78, 5) is 27.9. The van der Waals surface area contributed by atoms with Crippen LogP contribution < -0.4 is 4.80 Å². The van der Waals surface area contributed by atoms with Gasteiger partial charge in [-0.25, -0.2) is 18.0 Å². The monoisotopic (exact) mass is 428 g/mol. The van der Waals surface area contributed by atoms with E-state index in [4.69, 9.17) is 11.6 Å². The molecule has 0 saturated carbocycles. The van der Waals surface area contributed by atoms with Gasteiger partial charge in [-0.05, 0) is 36.8 Å². The second kappa shape index (κ2) is 7.76. The van der Waals surface area contributed by atoms with E-state index in [0.29, 0.717) is 11.3 Å². The van der Waals surface area contributed by atoms with Gasteiger partial charge in [0.05, 0.1) is 15.2 Å². The van der Waals surface area contributed by atoms with Crippen molar-refractivity contribution in [3.8, 4) is 0 Å². The maximum Gasteiger partial charge on any atom is 0.326 e. The predicted molar refractivity (Wildman–Crippen MR) is 98.0 cm³/mol. The van der Waals surface area contributed by atoms with E-state index in [0.717, 1.165) is 18.2 Å². The molecule has 1 atom stereocenters. The molecular formula is C18H12ClF3N2O3S.